The van der Waals surface area contributed by atoms with Gasteiger partial charge in [-0.3, -0.25) is 0 Å². The van der Waals surface area contributed by atoms with Crippen LogP contribution in [-0.4, -0.2) is 10.6 Å². The fourth-order valence-electron chi connectivity index (χ4n) is 1.60. The van der Waals surface area contributed by atoms with Gasteiger partial charge < -0.3 is 10.8 Å². The summed E-state index contributed by atoms with van der Waals surface area (Å²) >= 11 is 0. The van der Waals surface area contributed by atoms with Crippen LogP contribution < -0.4 is 5.73 Å². The van der Waals surface area contributed by atoms with E-state index in [2.05, 4.69) is 19.9 Å². The fraction of sp³-hybridized carbons (Fsp3) is 0.538. The van der Waals surface area contributed by atoms with Crippen molar-refractivity contribution in [2.75, 3.05) is 0 Å². The van der Waals surface area contributed by atoms with Gasteiger partial charge in [0.25, 0.3) is 0 Å². The van der Waals surface area contributed by atoms with Crippen LogP contribution in [0.25, 0.3) is 0 Å². The summed E-state index contributed by atoms with van der Waals surface area (Å²) in [6, 6.07) is 5.78. The van der Waals surface area contributed by atoms with E-state index in [1.165, 1.54) is 5.56 Å². The van der Waals surface area contributed by atoms with Crippen LogP contribution in [0.4, 0.5) is 0 Å². The molecule has 0 aliphatic carbocycles. The first-order valence-electron chi connectivity index (χ1n) is 5.40. The monoisotopic (exact) mass is 207 g/mol. The Morgan fingerprint density at radius 1 is 1.33 bits per heavy atom. The largest absolute Gasteiger partial charge is 0.508 e. The summed E-state index contributed by atoms with van der Waals surface area (Å²) in [7, 11) is 0. The van der Waals surface area contributed by atoms with Crippen molar-refractivity contribution in [2.45, 2.75) is 45.6 Å². The minimum atomic E-state index is -0.285. The maximum absolute atomic E-state index is 9.72. The third kappa shape index (κ3) is 3.56. The molecule has 0 unspecified atom stereocenters. The number of rotatable bonds is 3. The zero-order chi connectivity index (χ0) is 11.6. The molecule has 0 atom stereocenters. The lowest BCUT2D eigenvalue weighted by atomic mass is 9.92. The van der Waals surface area contributed by atoms with Crippen LogP contribution in [0.3, 0.4) is 0 Å². The number of aromatic hydroxyl groups is 1. The van der Waals surface area contributed by atoms with Crippen molar-refractivity contribution in [3.8, 4) is 5.75 Å². The summed E-state index contributed by atoms with van der Waals surface area (Å²) in [5.74, 6) is 0.822. The summed E-state index contributed by atoms with van der Waals surface area (Å²) in [5, 5.41) is 9.72. The Balaban J connectivity index is 3.01. The molecule has 0 spiro atoms. The first-order valence-corrected chi connectivity index (χ1v) is 5.40. The van der Waals surface area contributed by atoms with E-state index in [0.29, 0.717) is 18.1 Å². The van der Waals surface area contributed by atoms with E-state index < -0.39 is 0 Å². The second kappa shape index (κ2) is 4.23. The molecule has 0 aliphatic heterocycles. The highest BCUT2D eigenvalue weighted by molar-refractivity contribution is 5.38. The summed E-state index contributed by atoms with van der Waals surface area (Å²) in [6.45, 7) is 8.22. The second-order valence-electron chi connectivity index (χ2n) is 5.21. The summed E-state index contributed by atoms with van der Waals surface area (Å²) in [4.78, 5) is 0. The van der Waals surface area contributed by atoms with E-state index in [1.807, 2.05) is 19.9 Å². The van der Waals surface area contributed by atoms with Gasteiger partial charge >= 0.3 is 0 Å². The molecule has 0 bridgehead atoms. The maximum atomic E-state index is 9.72. The van der Waals surface area contributed by atoms with Crippen LogP contribution in [0.2, 0.25) is 0 Å². The van der Waals surface area contributed by atoms with Crippen molar-refractivity contribution in [3.63, 3.8) is 0 Å². The van der Waals surface area contributed by atoms with Gasteiger partial charge in [-0.15, -0.1) is 0 Å². The minimum Gasteiger partial charge on any atom is -0.508 e. The Bertz CT molecular complexity index is 337. The van der Waals surface area contributed by atoms with Gasteiger partial charge in [0.1, 0.15) is 5.75 Å². The molecular weight excluding hydrogens is 186 g/mol. The smallest absolute Gasteiger partial charge is 0.118 e. The molecule has 0 aromatic heterocycles. The molecule has 2 nitrogen and oxygen atoms in total. The molecular formula is C13H21NO. The molecule has 2 heteroatoms. The molecule has 0 amide bonds. The Morgan fingerprint density at radius 2 is 1.93 bits per heavy atom. The minimum absolute atomic E-state index is 0.285. The third-order valence-electron chi connectivity index (χ3n) is 2.42. The van der Waals surface area contributed by atoms with Crippen molar-refractivity contribution in [1.29, 1.82) is 0 Å². The molecule has 1 aromatic carbocycles. The predicted octanol–water partition coefficient (Wildman–Crippen LogP) is 2.80. The molecule has 84 valence electrons. The van der Waals surface area contributed by atoms with Crippen molar-refractivity contribution in [1.82, 2.24) is 0 Å². The second-order valence-corrected chi connectivity index (χ2v) is 5.21. The van der Waals surface area contributed by atoms with Gasteiger partial charge in [0.15, 0.2) is 0 Å². The molecule has 0 aliphatic rings. The number of benzene rings is 1. The van der Waals surface area contributed by atoms with E-state index in [9.17, 15) is 5.11 Å². The molecule has 3 N–H and O–H groups in total. The highest BCUT2D eigenvalue weighted by atomic mass is 16.3. The molecule has 0 radical (unpaired) electrons. The van der Waals surface area contributed by atoms with Gasteiger partial charge in [-0.05, 0) is 43.4 Å². The van der Waals surface area contributed by atoms with Crippen molar-refractivity contribution >= 4 is 0 Å². The molecule has 0 heterocycles. The Hall–Kier alpha value is -1.02. The average Bonchev–Trinajstić information content (AvgIpc) is 2.06. The van der Waals surface area contributed by atoms with Crippen LogP contribution in [0, 0.1) is 0 Å². The Labute approximate surface area is 92.1 Å². The molecule has 15 heavy (non-hydrogen) atoms. The van der Waals surface area contributed by atoms with Gasteiger partial charge in [0.05, 0.1) is 0 Å². The van der Waals surface area contributed by atoms with E-state index in [4.69, 9.17) is 5.73 Å². The van der Waals surface area contributed by atoms with E-state index in [-0.39, 0.29) is 5.54 Å². The maximum Gasteiger partial charge on any atom is 0.118 e. The zero-order valence-corrected chi connectivity index (χ0v) is 10.0. The third-order valence-corrected chi connectivity index (χ3v) is 2.42. The van der Waals surface area contributed by atoms with Gasteiger partial charge in [-0.1, -0.05) is 26.0 Å². The van der Waals surface area contributed by atoms with Crippen LogP contribution >= 0.6 is 0 Å². The van der Waals surface area contributed by atoms with Gasteiger partial charge in [0, 0.05) is 5.54 Å². The number of phenolic OH excluding ortho intramolecular Hbond substituents is 1. The average molecular weight is 207 g/mol. The van der Waals surface area contributed by atoms with Crippen molar-refractivity contribution < 1.29 is 5.11 Å². The molecule has 1 rings (SSSR count). The molecule has 0 fully saturated rings. The number of hydrogen-bond donors (Lipinski definition) is 2. The van der Waals surface area contributed by atoms with E-state index in [0.717, 1.165) is 5.56 Å². The molecule has 1 aromatic rings. The first kappa shape index (κ1) is 12.1. The Morgan fingerprint density at radius 3 is 2.40 bits per heavy atom. The van der Waals surface area contributed by atoms with Crippen molar-refractivity contribution in [2.24, 2.45) is 5.73 Å². The quantitative estimate of drug-likeness (QED) is 0.800. The number of hydrogen-bond acceptors (Lipinski definition) is 2. The van der Waals surface area contributed by atoms with E-state index in [1.54, 1.807) is 6.07 Å². The van der Waals surface area contributed by atoms with Crippen LogP contribution in [-0.2, 0) is 6.42 Å². The lowest BCUT2D eigenvalue weighted by Gasteiger charge is -2.20. The van der Waals surface area contributed by atoms with Gasteiger partial charge in [-0.25, -0.2) is 0 Å². The SMILES string of the molecule is CC(C)c1ccc(O)c(CC(C)(C)N)c1. The van der Waals surface area contributed by atoms with Crippen LogP contribution in [0.15, 0.2) is 18.2 Å². The highest BCUT2D eigenvalue weighted by Crippen LogP contribution is 2.25. The summed E-state index contributed by atoms with van der Waals surface area (Å²) in [6.07, 6.45) is 0.694. The zero-order valence-electron chi connectivity index (χ0n) is 10.0. The van der Waals surface area contributed by atoms with Crippen molar-refractivity contribution in [3.05, 3.63) is 29.3 Å². The lowest BCUT2D eigenvalue weighted by Crippen LogP contribution is -2.34. The fourth-order valence-corrected chi connectivity index (χ4v) is 1.60. The van der Waals surface area contributed by atoms with E-state index >= 15 is 0 Å². The topological polar surface area (TPSA) is 46.2 Å². The van der Waals surface area contributed by atoms with Crippen LogP contribution in [0.5, 0.6) is 5.75 Å². The number of nitrogens with two attached hydrogens (primary N) is 1. The molecule has 0 saturated heterocycles. The summed E-state index contributed by atoms with van der Waals surface area (Å²) in [5.41, 5.74) is 7.85. The van der Waals surface area contributed by atoms with Crippen LogP contribution in [0.1, 0.15) is 44.7 Å². The highest BCUT2D eigenvalue weighted by Gasteiger charge is 2.15. The Kier molecular flexibility index (Phi) is 3.40. The normalized spacial score (nSPS) is 12.1. The van der Waals surface area contributed by atoms with Gasteiger partial charge in [-0.2, -0.15) is 0 Å². The first-order chi connectivity index (χ1) is 6.79. The summed E-state index contributed by atoms with van der Waals surface area (Å²) < 4.78 is 0. The molecule has 0 saturated carbocycles. The lowest BCUT2D eigenvalue weighted by molar-refractivity contribution is 0.449. The number of phenols is 1. The van der Waals surface area contributed by atoms with Gasteiger partial charge in [0.2, 0.25) is 0 Å². The standard InChI is InChI=1S/C13H21NO/c1-9(2)10-5-6-12(15)11(7-10)8-13(3,4)14/h5-7,9,15H,8,14H2,1-4H3. The predicted molar refractivity (Wildman–Crippen MR) is 64.2 cm³/mol.